The maximum atomic E-state index is 12.8. The molecule has 0 bridgehead atoms. The molecule has 0 aliphatic carbocycles. The molecular formula is C22H23ClN4O2. The van der Waals surface area contributed by atoms with Gasteiger partial charge < -0.3 is 10.2 Å². The highest BCUT2D eigenvalue weighted by Gasteiger charge is 2.21. The Kier molecular flexibility index (Phi) is 5.53. The van der Waals surface area contributed by atoms with Crippen molar-refractivity contribution in [3.05, 3.63) is 64.0 Å². The third-order valence-electron chi connectivity index (χ3n) is 5.23. The van der Waals surface area contributed by atoms with E-state index in [-0.39, 0.29) is 12.5 Å². The van der Waals surface area contributed by atoms with Gasteiger partial charge in [0.15, 0.2) is 0 Å². The molecule has 0 radical (unpaired) electrons. The Morgan fingerprint density at radius 1 is 1.24 bits per heavy atom. The van der Waals surface area contributed by atoms with Crippen LogP contribution in [-0.2, 0) is 11.3 Å². The predicted molar refractivity (Wildman–Crippen MR) is 117 cm³/mol. The highest BCUT2D eigenvalue weighted by molar-refractivity contribution is 6.30. The normalized spacial score (nSPS) is 16.8. The number of amides is 1. The summed E-state index contributed by atoms with van der Waals surface area (Å²) in [6.07, 6.45) is 2.28. The van der Waals surface area contributed by atoms with E-state index in [4.69, 9.17) is 11.6 Å². The summed E-state index contributed by atoms with van der Waals surface area (Å²) in [6.45, 7) is 3.88. The molecule has 1 fully saturated rings. The summed E-state index contributed by atoms with van der Waals surface area (Å²) in [5, 5.41) is 4.21. The first-order valence-electron chi connectivity index (χ1n) is 9.81. The van der Waals surface area contributed by atoms with Crippen LogP contribution in [0.4, 0.5) is 11.5 Å². The van der Waals surface area contributed by atoms with E-state index in [1.807, 2.05) is 24.3 Å². The van der Waals surface area contributed by atoms with Gasteiger partial charge in [0.05, 0.1) is 5.52 Å². The van der Waals surface area contributed by atoms with Gasteiger partial charge in [0.1, 0.15) is 12.4 Å². The molecule has 0 unspecified atom stereocenters. The highest BCUT2D eigenvalue weighted by atomic mass is 35.5. The van der Waals surface area contributed by atoms with Crippen molar-refractivity contribution in [2.24, 2.45) is 5.92 Å². The summed E-state index contributed by atoms with van der Waals surface area (Å²) in [6, 6.07) is 14.5. The van der Waals surface area contributed by atoms with Crippen molar-refractivity contribution in [3.63, 3.8) is 0 Å². The Morgan fingerprint density at radius 2 is 2.07 bits per heavy atom. The monoisotopic (exact) mass is 410 g/mol. The van der Waals surface area contributed by atoms with E-state index in [1.165, 1.54) is 11.0 Å². The molecule has 0 saturated carbocycles. The van der Waals surface area contributed by atoms with Crippen LogP contribution in [0.5, 0.6) is 0 Å². The van der Waals surface area contributed by atoms with E-state index < -0.39 is 5.69 Å². The molecule has 3 aromatic rings. The number of carbonyl (C=O) groups excluding carboxylic acids is 1. The number of para-hydroxylation sites is 1. The number of hydrogen-bond acceptors (Lipinski definition) is 4. The highest BCUT2D eigenvalue weighted by Crippen LogP contribution is 2.27. The third kappa shape index (κ3) is 4.27. The number of carbonyl (C=O) groups is 1. The second-order valence-electron chi connectivity index (χ2n) is 7.57. The van der Waals surface area contributed by atoms with E-state index in [2.05, 4.69) is 22.1 Å². The van der Waals surface area contributed by atoms with Gasteiger partial charge in [0.2, 0.25) is 5.91 Å². The van der Waals surface area contributed by atoms with Crippen LogP contribution in [0, 0.1) is 5.92 Å². The first kappa shape index (κ1) is 19.5. The Hall–Kier alpha value is -2.86. The minimum Gasteiger partial charge on any atom is -0.356 e. The second kappa shape index (κ2) is 8.25. The van der Waals surface area contributed by atoms with Crippen LogP contribution in [0.2, 0.25) is 5.02 Å². The zero-order valence-corrected chi connectivity index (χ0v) is 17.0. The molecule has 1 atom stereocenters. The quantitative estimate of drug-likeness (QED) is 0.707. The van der Waals surface area contributed by atoms with Crippen LogP contribution in [0.15, 0.2) is 53.3 Å². The number of nitrogens with one attached hydrogen (secondary N) is 1. The summed E-state index contributed by atoms with van der Waals surface area (Å²) < 4.78 is 1.42. The Labute approximate surface area is 174 Å². The average Bonchev–Trinajstić information content (AvgIpc) is 2.70. The molecule has 1 aliphatic heterocycles. The van der Waals surface area contributed by atoms with E-state index in [0.29, 0.717) is 28.0 Å². The molecule has 1 N–H and O–H groups in total. The zero-order valence-electron chi connectivity index (χ0n) is 16.3. The van der Waals surface area contributed by atoms with Gasteiger partial charge in [-0.3, -0.25) is 9.36 Å². The van der Waals surface area contributed by atoms with Crippen LogP contribution in [0.25, 0.3) is 10.9 Å². The number of anilines is 2. The maximum absolute atomic E-state index is 12.8. The number of halogens is 1. The molecular weight excluding hydrogens is 388 g/mol. The SMILES string of the molecule is C[C@@H]1CCCN(c2nc(=O)n(CC(=O)Nc3cccc(Cl)c3)c3ccccc23)C1. The number of nitrogens with zero attached hydrogens (tertiary/aromatic N) is 3. The van der Waals surface area contributed by atoms with Gasteiger partial charge >= 0.3 is 5.69 Å². The molecule has 29 heavy (non-hydrogen) atoms. The Balaban J connectivity index is 1.67. The van der Waals surface area contributed by atoms with Crippen LogP contribution in [-0.4, -0.2) is 28.5 Å². The molecule has 150 valence electrons. The molecule has 1 saturated heterocycles. The molecule has 1 aromatic heterocycles. The standard InChI is InChI=1S/C22H23ClN4O2/c1-15-6-5-11-26(13-15)21-18-9-2-3-10-19(18)27(22(29)25-21)14-20(28)24-17-8-4-7-16(23)12-17/h2-4,7-10,12,15H,5-6,11,13-14H2,1H3,(H,24,28)/t15-/m1/s1. The molecule has 1 aliphatic rings. The second-order valence-corrected chi connectivity index (χ2v) is 8.01. The third-order valence-corrected chi connectivity index (χ3v) is 5.47. The number of rotatable bonds is 4. The minimum atomic E-state index is -0.418. The first-order chi connectivity index (χ1) is 14.0. The largest absolute Gasteiger partial charge is 0.356 e. The zero-order chi connectivity index (χ0) is 20.4. The molecule has 2 aromatic carbocycles. The van der Waals surface area contributed by atoms with Gasteiger partial charge in [0.25, 0.3) is 0 Å². The van der Waals surface area contributed by atoms with Crippen molar-refractivity contribution in [2.45, 2.75) is 26.3 Å². The lowest BCUT2D eigenvalue weighted by Crippen LogP contribution is -2.38. The van der Waals surface area contributed by atoms with E-state index in [1.54, 1.807) is 24.3 Å². The summed E-state index contributed by atoms with van der Waals surface area (Å²) >= 11 is 5.97. The molecule has 0 spiro atoms. The summed E-state index contributed by atoms with van der Waals surface area (Å²) in [7, 11) is 0. The van der Waals surface area contributed by atoms with Crippen molar-refractivity contribution in [1.29, 1.82) is 0 Å². The van der Waals surface area contributed by atoms with Gasteiger partial charge in [-0.1, -0.05) is 36.7 Å². The summed E-state index contributed by atoms with van der Waals surface area (Å²) in [5.74, 6) is 0.972. The lowest BCUT2D eigenvalue weighted by Gasteiger charge is -2.32. The summed E-state index contributed by atoms with van der Waals surface area (Å²) in [4.78, 5) is 32.0. The van der Waals surface area contributed by atoms with Crippen molar-refractivity contribution in [1.82, 2.24) is 9.55 Å². The topological polar surface area (TPSA) is 67.2 Å². The van der Waals surface area contributed by atoms with Crippen LogP contribution < -0.4 is 15.9 Å². The van der Waals surface area contributed by atoms with Crippen molar-refractivity contribution in [3.8, 4) is 0 Å². The van der Waals surface area contributed by atoms with E-state index >= 15 is 0 Å². The van der Waals surface area contributed by atoms with Crippen LogP contribution >= 0.6 is 11.6 Å². The predicted octanol–water partition coefficient (Wildman–Crippen LogP) is 3.92. The smallest absolute Gasteiger partial charge is 0.350 e. The Morgan fingerprint density at radius 3 is 2.86 bits per heavy atom. The van der Waals surface area contributed by atoms with Crippen LogP contribution in [0.1, 0.15) is 19.8 Å². The molecule has 4 rings (SSSR count). The number of benzene rings is 2. The lowest BCUT2D eigenvalue weighted by atomic mass is 10.00. The van der Waals surface area contributed by atoms with Crippen molar-refractivity contribution >= 4 is 39.9 Å². The molecule has 1 amide bonds. The van der Waals surface area contributed by atoms with Gasteiger partial charge in [-0.25, -0.2) is 4.79 Å². The van der Waals surface area contributed by atoms with Gasteiger partial charge in [0, 0.05) is 29.2 Å². The van der Waals surface area contributed by atoms with E-state index in [0.717, 1.165) is 24.9 Å². The number of aromatic nitrogens is 2. The van der Waals surface area contributed by atoms with Crippen molar-refractivity contribution in [2.75, 3.05) is 23.3 Å². The molecule has 2 heterocycles. The summed E-state index contributed by atoms with van der Waals surface area (Å²) in [5.41, 5.74) is 0.881. The van der Waals surface area contributed by atoms with Gasteiger partial charge in [-0.2, -0.15) is 4.98 Å². The number of hydrogen-bond donors (Lipinski definition) is 1. The molecule has 6 nitrogen and oxygen atoms in total. The van der Waals surface area contributed by atoms with Gasteiger partial charge in [-0.05, 0) is 49.1 Å². The minimum absolute atomic E-state index is 0.116. The van der Waals surface area contributed by atoms with E-state index in [9.17, 15) is 9.59 Å². The maximum Gasteiger partial charge on any atom is 0.350 e. The fourth-order valence-corrected chi connectivity index (χ4v) is 4.09. The molecule has 7 heteroatoms. The Bertz CT molecular complexity index is 1110. The lowest BCUT2D eigenvalue weighted by molar-refractivity contribution is -0.116. The van der Waals surface area contributed by atoms with Crippen LogP contribution in [0.3, 0.4) is 0 Å². The average molecular weight is 411 g/mol. The fraction of sp³-hybridized carbons (Fsp3) is 0.318. The van der Waals surface area contributed by atoms with Gasteiger partial charge in [-0.15, -0.1) is 0 Å². The van der Waals surface area contributed by atoms with Crippen molar-refractivity contribution < 1.29 is 4.79 Å². The fourth-order valence-electron chi connectivity index (χ4n) is 3.90. The first-order valence-corrected chi connectivity index (χ1v) is 10.2. The number of fused-ring (bicyclic) bond motifs is 1. The number of piperidine rings is 1.